The van der Waals surface area contributed by atoms with Gasteiger partial charge < -0.3 is 20.1 Å². The molecule has 42 heavy (non-hydrogen) atoms. The number of likely N-dealkylation sites (tertiary alicyclic amines) is 1. The smallest absolute Gasteiger partial charge is 0.310 e. The molecule has 3 heterocycles. The van der Waals surface area contributed by atoms with Gasteiger partial charge in [0.1, 0.15) is 18.2 Å². The molecule has 0 aliphatic carbocycles. The van der Waals surface area contributed by atoms with E-state index in [0.717, 1.165) is 44.1 Å². The molecule has 1 amide bonds. The van der Waals surface area contributed by atoms with Crippen molar-refractivity contribution in [1.82, 2.24) is 19.7 Å². The Balaban J connectivity index is 1.37. The van der Waals surface area contributed by atoms with Crippen molar-refractivity contribution in [2.24, 2.45) is 0 Å². The van der Waals surface area contributed by atoms with E-state index in [2.05, 4.69) is 35.3 Å². The zero-order chi connectivity index (χ0) is 29.2. The lowest BCUT2D eigenvalue weighted by Crippen LogP contribution is -2.51. The monoisotopic (exact) mass is 563 g/mol. The van der Waals surface area contributed by atoms with Crippen LogP contribution in [0, 0.1) is 0 Å². The molecule has 0 bridgehead atoms. The topological polar surface area (TPSA) is 113 Å². The number of rotatable bonds is 9. The summed E-state index contributed by atoms with van der Waals surface area (Å²) in [5.74, 6) is 0.961. The first kappa shape index (κ1) is 27.3. The molecule has 214 valence electrons. The molecule has 9 nitrogen and oxygen atoms in total. The van der Waals surface area contributed by atoms with Crippen LogP contribution in [0.2, 0.25) is 0 Å². The lowest BCUT2D eigenvalue weighted by Gasteiger charge is -2.39. The molecule has 3 aromatic carbocycles. The zero-order valence-corrected chi connectivity index (χ0v) is 23.7. The number of benzene rings is 3. The minimum Gasteiger partial charge on any atom is -0.487 e. The number of esters is 1. The fourth-order valence-electron chi connectivity index (χ4n) is 5.49. The molecule has 9 heteroatoms. The van der Waals surface area contributed by atoms with Crippen LogP contribution in [0.25, 0.3) is 32.8 Å². The van der Waals surface area contributed by atoms with Crippen molar-refractivity contribution in [2.75, 3.05) is 25.4 Å². The van der Waals surface area contributed by atoms with E-state index in [1.165, 1.54) is 0 Å². The van der Waals surface area contributed by atoms with Crippen molar-refractivity contribution in [3.63, 3.8) is 0 Å². The first-order valence-electron chi connectivity index (χ1n) is 14.2. The van der Waals surface area contributed by atoms with Gasteiger partial charge in [0.2, 0.25) is 5.91 Å². The van der Waals surface area contributed by atoms with E-state index in [9.17, 15) is 9.59 Å². The van der Waals surface area contributed by atoms with E-state index in [1.54, 1.807) is 13.1 Å². The fourth-order valence-corrected chi connectivity index (χ4v) is 5.49. The third-order valence-electron chi connectivity index (χ3n) is 7.77. The average Bonchev–Trinajstić information content (AvgIpc) is 3.33. The Morgan fingerprint density at radius 1 is 0.976 bits per heavy atom. The molecule has 0 radical (unpaired) electrons. The van der Waals surface area contributed by atoms with Gasteiger partial charge in [-0.3, -0.25) is 14.3 Å². The molecule has 2 aromatic heterocycles. The molecular weight excluding hydrogens is 530 g/mol. The molecule has 1 aliphatic rings. The second kappa shape index (κ2) is 11.5. The summed E-state index contributed by atoms with van der Waals surface area (Å²) in [5, 5.41) is 7.86. The van der Waals surface area contributed by atoms with Gasteiger partial charge in [-0.15, -0.1) is 0 Å². The Hall–Kier alpha value is -4.92. The van der Waals surface area contributed by atoms with E-state index in [1.807, 2.05) is 52.9 Å². The molecule has 6 rings (SSSR count). The third kappa shape index (κ3) is 5.25. The number of hydrogen-bond donors (Lipinski definition) is 1. The summed E-state index contributed by atoms with van der Waals surface area (Å²) in [4.78, 5) is 30.6. The van der Waals surface area contributed by atoms with E-state index in [4.69, 9.17) is 20.3 Å². The molecule has 0 atom stereocenters. The summed E-state index contributed by atoms with van der Waals surface area (Å²) in [6, 6.07) is 21.9. The van der Waals surface area contributed by atoms with Crippen molar-refractivity contribution in [3.05, 3.63) is 84.2 Å². The molecule has 1 aliphatic heterocycles. The number of aromatic nitrogens is 3. The highest BCUT2D eigenvalue weighted by Gasteiger charge is 2.33. The van der Waals surface area contributed by atoms with Crippen LogP contribution in [0.1, 0.15) is 37.6 Å². The van der Waals surface area contributed by atoms with Crippen LogP contribution in [0.15, 0.2) is 72.9 Å². The Morgan fingerprint density at radius 2 is 1.74 bits per heavy atom. The maximum absolute atomic E-state index is 12.2. The highest BCUT2D eigenvalue weighted by molar-refractivity contribution is 5.95. The van der Waals surface area contributed by atoms with Crippen LogP contribution in [-0.4, -0.2) is 51.2 Å². The van der Waals surface area contributed by atoms with Gasteiger partial charge in [0.25, 0.3) is 0 Å². The maximum Gasteiger partial charge on any atom is 0.310 e. The molecule has 0 unspecified atom stereocenters. The SMILES string of the molecule is CCOC(=O)Cc1ccccc1OCc1c2cc(-c3ccc4ccnc(N)c4c3)ccc2nn1C1CN(C(=O)CC)C1. The van der Waals surface area contributed by atoms with Gasteiger partial charge in [0.15, 0.2) is 0 Å². The average molecular weight is 564 g/mol. The van der Waals surface area contributed by atoms with Crippen LogP contribution in [0.4, 0.5) is 5.82 Å². The van der Waals surface area contributed by atoms with Gasteiger partial charge in [-0.2, -0.15) is 5.10 Å². The van der Waals surface area contributed by atoms with Crippen LogP contribution < -0.4 is 10.5 Å². The highest BCUT2D eigenvalue weighted by atomic mass is 16.5. The number of carbonyl (C=O) groups excluding carboxylic acids is 2. The van der Waals surface area contributed by atoms with Crippen molar-refractivity contribution in [3.8, 4) is 16.9 Å². The summed E-state index contributed by atoms with van der Waals surface area (Å²) in [5.41, 5.74) is 10.7. The van der Waals surface area contributed by atoms with Crippen molar-refractivity contribution < 1.29 is 19.1 Å². The van der Waals surface area contributed by atoms with Crippen LogP contribution in [-0.2, 0) is 27.4 Å². The number of anilines is 1. The van der Waals surface area contributed by atoms with E-state index in [0.29, 0.717) is 37.7 Å². The first-order chi connectivity index (χ1) is 20.4. The molecule has 0 saturated carbocycles. The van der Waals surface area contributed by atoms with Gasteiger partial charge in [-0.25, -0.2) is 4.98 Å². The summed E-state index contributed by atoms with van der Waals surface area (Å²) in [7, 11) is 0. The molecule has 1 fully saturated rings. The Bertz CT molecular complexity index is 1790. The number of carbonyl (C=O) groups is 2. The number of pyridine rings is 1. The predicted molar refractivity (Wildman–Crippen MR) is 162 cm³/mol. The second-order valence-corrected chi connectivity index (χ2v) is 10.4. The third-order valence-corrected chi connectivity index (χ3v) is 7.77. The number of amides is 1. The summed E-state index contributed by atoms with van der Waals surface area (Å²) in [6.07, 6.45) is 2.33. The van der Waals surface area contributed by atoms with Crippen molar-refractivity contribution in [1.29, 1.82) is 0 Å². The molecular formula is C33H33N5O4. The normalized spacial score (nSPS) is 13.3. The zero-order valence-electron chi connectivity index (χ0n) is 23.7. The van der Waals surface area contributed by atoms with Gasteiger partial charge in [-0.1, -0.05) is 43.3 Å². The number of nitrogens with zero attached hydrogens (tertiary/aromatic N) is 4. The van der Waals surface area contributed by atoms with E-state index < -0.39 is 0 Å². The Labute approximate surface area is 243 Å². The molecule has 0 spiro atoms. The summed E-state index contributed by atoms with van der Waals surface area (Å²) in [6.45, 7) is 5.46. The number of fused-ring (bicyclic) bond motifs is 2. The summed E-state index contributed by atoms with van der Waals surface area (Å²) < 4.78 is 13.5. The molecule has 2 N–H and O–H groups in total. The fraction of sp³-hybridized carbons (Fsp3) is 0.273. The first-order valence-corrected chi connectivity index (χ1v) is 14.2. The van der Waals surface area contributed by atoms with E-state index in [-0.39, 0.29) is 30.9 Å². The second-order valence-electron chi connectivity index (χ2n) is 10.4. The number of hydrogen-bond acceptors (Lipinski definition) is 7. The van der Waals surface area contributed by atoms with Gasteiger partial charge in [-0.05, 0) is 53.8 Å². The van der Waals surface area contributed by atoms with Crippen molar-refractivity contribution >= 4 is 39.4 Å². The van der Waals surface area contributed by atoms with Crippen LogP contribution in [0.3, 0.4) is 0 Å². The highest BCUT2D eigenvalue weighted by Crippen LogP contribution is 2.33. The van der Waals surface area contributed by atoms with Gasteiger partial charge in [0, 0.05) is 42.0 Å². The van der Waals surface area contributed by atoms with Crippen LogP contribution >= 0.6 is 0 Å². The minimum atomic E-state index is -0.296. The lowest BCUT2D eigenvalue weighted by atomic mass is 10.00. The minimum absolute atomic E-state index is 0.0521. The van der Waals surface area contributed by atoms with Crippen molar-refractivity contribution in [2.45, 2.75) is 39.3 Å². The van der Waals surface area contributed by atoms with E-state index >= 15 is 0 Å². The summed E-state index contributed by atoms with van der Waals surface area (Å²) >= 11 is 0. The number of ether oxygens (including phenoxy) is 2. The lowest BCUT2D eigenvalue weighted by molar-refractivity contribution is -0.142. The number of nitrogens with two attached hydrogens (primary N) is 1. The largest absolute Gasteiger partial charge is 0.487 e. The number of para-hydroxylation sites is 1. The Kier molecular flexibility index (Phi) is 7.48. The molecule has 5 aromatic rings. The predicted octanol–water partition coefficient (Wildman–Crippen LogP) is 5.31. The standard InChI is InChI=1S/C33H33N5O4/c1-3-31(39)37-18-25(19-37)38-29(20-42-30-8-6-5-7-24(30)17-32(40)41-4-2)27-16-23(11-12-28(27)36-38)22-10-9-21-13-14-35-33(34)26(21)15-22/h5-16,25H,3-4,17-20H2,1-2H3,(H2,34,35). The Morgan fingerprint density at radius 3 is 2.52 bits per heavy atom. The maximum atomic E-state index is 12.2. The van der Waals surface area contributed by atoms with Crippen LogP contribution in [0.5, 0.6) is 5.75 Å². The van der Waals surface area contributed by atoms with Gasteiger partial charge >= 0.3 is 5.97 Å². The molecule has 1 saturated heterocycles. The number of nitrogen functional groups attached to an aromatic ring is 1. The van der Waals surface area contributed by atoms with Gasteiger partial charge in [0.05, 0.1) is 30.3 Å². The quantitative estimate of drug-likeness (QED) is 0.242.